The van der Waals surface area contributed by atoms with Gasteiger partial charge in [-0.2, -0.15) is 11.8 Å². The molecule has 6 heteroatoms. The van der Waals surface area contributed by atoms with E-state index in [1.54, 1.807) is 0 Å². The number of carbonyl (C=O) groups excluding carboxylic acids is 1. The number of benzene rings is 1. The molecule has 1 aliphatic heterocycles. The zero-order chi connectivity index (χ0) is 13.7. The van der Waals surface area contributed by atoms with Crippen LogP contribution in [0.25, 0.3) is 0 Å². The summed E-state index contributed by atoms with van der Waals surface area (Å²) in [5.41, 5.74) is 6.42. The Kier molecular flexibility index (Phi) is 5.04. The predicted octanol–water partition coefficient (Wildman–Crippen LogP) is 1.79. The van der Waals surface area contributed by atoms with E-state index in [0.717, 1.165) is 31.0 Å². The first-order chi connectivity index (χ1) is 9.15. The van der Waals surface area contributed by atoms with E-state index in [2.05, 4.69) is 10.2 Å². The molecule has 0 spiro atoms. The summed E-state index contributed by atoms with van der Waals surface area (Å²) in [5.74, 6) is 1.64. The van der Waals surface area contributed by atoms with Crippen molar-refractivity contribution in [3.63, 3.8) is 0 Å². The zero-order valence-electron chi connectivity index (χ0n) is 10.7. The van der Waals surface area contributed by atoms with Gasteiger partial charge in [-0.1, -0.05) is 0 Å². The fourth-order valence-electron chi connectivity index (χ4n) is 1.99. The van der Waals surface area contributed by atoms with Gasteiger partial charge in [-0.3, -0.25) is 9.69 Å². The Morgan fingerprint density at radius 1 is 1.42 bits per heavy atom. The smallest absolute Gasteiger partial charge is 0.238 e. The predicted molar refractivity (Wildman–Crippen MR) is 77.8 cm³/mol. The number of carbonyl (C=O) groups is 1. The van der Waals surface area contributed by atoms with E-state index in [-0.39, 0.29) is 5.91 Å². The van der Waals surface area contributed by atoms with Crippen LogP contribution in [0.3, 0.4) is 0 Å². The van der Waals surface area contributed by atoms with Crippen molar-refractivity contribution in [1.82, 2.24) is 4.90 Å². The Morgan fingerprint density at radius 3 is 3.11 bits per heavy atom. The molecule has 19 heavy (non-hydrogen) atoms. The van der Waals surface area contributed by atoms with E-state index in [1.807, 2.05) is 11.8 Å². The van der Waals surface area contributed by atoms with Crippen LogP contribution in [0.4, 0.5) is 15.8 Å². The van der Waals surface area contributed by atoms with E-state index in [1.165, 1.54) is 18.2 Å². The van der Waals surface area contributed by atoms with Crippen LogP contribution in [0, 0.1) is 5.82 Å². The van der Waals surface area contributed by atoms with Crippen LogP contribution in [0.5, 0.6) is 0 Å². The van der Waals surface area contributed by atoms with E-state index in [9.17, 15) is 9.18 Å². The van der Waals surface area contributed by atoms with Crippen LogP contribution in [-0.4, -0.2) is 41.9 Å². The molecule has 0 atom stereocenters. The summed E-state index contributed by atoms with van der Waals surface area (Å²) in [5, 5.41) is 2.67. The second-order valence-corrected chi connectivity index (χ2v) is 5.75. The molecule has 0 aromatic heterocycles. The highest BCUT2D eigenvalue weighted by molar-refractivity contribution is 7.99. The Morgan fingerprint density at radius 2 is 2.26 bits per heavy atom. The lowest BCUT2D eigenvalue weighted by molar-refractivity contribution is -0.117. The molecule has 0 aliphatic carbocycles. The minimum atomic E-state index is -0.407. The highest BCUT2D eigenvalue weighted by Crippen LogP contribution is 2.19. The summed E-state index contributed by atoms with van der Waals surface area (Å²) >= 11 is 1.91. The van der Waals surface area contributed by atoms with Gasteiger partial charge in [-0.25, -0.2) is 4.39 Å². The number of nitrogens with two attached hydrogens (primary N) is 1. The first-order valence-corrected chi connectivity index (χ1v) is 7.45. The number of thioether (sulfide) groups is 1. The molecule has 0 saturated carbocycles. The van der Waals surface area contributed by atoms with Crippen molar-refractivity contribution in [2.45, 2.75) is 6.42 Å². The maximum Gasteiger partial charge on any atom is 0.238 e. The van der Waals surface area contributed by atoms with Gasteiger partial charge in [0.05, 0.1) is 17.9 Å². The third-order valence-corrected chi connectivity index (χ3v) is 4.02. The molecule has 1 aromatic rings. The number of hydrogen-bond acceptors (Lipinski definition) is 4. The third-order valence-electron chi connectivity index (χ3n) is 2.97. The third kappa shape index (κ3) is 4.40. The first kappa shape index (κ1) is 14.1. The molecule has 3 N–H and O–H groups in total. The van der Waals surface area contributed by atoms with Crippen LogP contribution >= 0.6 is 11.8 Å². The van der Waals surface area contributed by atoms with E-state index >= 15 is 0 Å². The summed E-state index contributed by atoms with van der Waals surface area (Å²) in [6, 6.07) is 3.97. The maximum absolute atomic E-state index is 13.1. The van der Waals surface area contributed by atoms with Crippen LogP contribution in [-0.2, 0) is 4.79 Å². The van der Waals surface area contributed by atoms with Gasteiger partial charge in [0.15, 0.2) is 0 Å². The number of halogens is 1. The molecule has 1 heterocycles. The van der Waals surface area contributed by atoms with Gasteiger partial charge in [0.25, 0.3) is 0 Å². The van der Waals surface area contributed by atoms with E-state index < -0.39 is 5.82 Å². The van der Waals surface area contributed by atoms with Crippen LogP contribution in [0.1, 0.15) is 6.42 Å². The van der Waals surface area contributed by atoms with Crippen molar-refractivity contribution < 1.29 is 9.18 Å². The van der Waals surface area contributed by atoms with Gasteiger partial charge in [0, 0.05) is 12.3 Å². The van der Waals surface area contributed by atoms with Crippen LogP contribution in [0.15, 0.2) is 18.2 Å². The number of anilines is 2. The van der Waals surface area contributed by atoms with E-state index in [4.69, 9.17) is 5.73 Å². The monoisotopic (exact) mass is 283 g/mol. The number of amides is 1. The lowest BCUT2D eigenvalue weighted by Gasteiger charge is -2.19. The lowest BCUT2D eigenvalue weighted by Crippen LogP contribution is -2.34. The Labute approximate surface area is 116 Å². The van der Waals surface area contributed by atoms with Crippen LogP contribution < -0.4 is 11.1 Å². The molecule has 0 radical (unpaired) electrons. The SMILES string of the molecule is Nc1ccc(F)cc1NC(=O)CN1CCCSCC1. The maximum atomic E-state index is 13.1. The summed E-state index contributed by atoms with van der Waals surface area (Å²) in [7, 11) is 0. The fourth-order valence-corrected chi connectivity index (χ4v) is 2.91. The molecule has 1 aliphatic rings. The zero-order valence-corrected chi connectivity index (χ0v) is 11.5. The van der Waals surface area contributed by atoms with Crippen molar-refractivity contribution in [2.75, 3.05) is 42.2 Å². The van der Waals surface area contributed by atoms with Gasteiger partial charge < -0.3 is 11.1 Å². The number of hydrogen-bond donors (Lipinski definition) is 2. The summed E-state index contributed by atoms with van der Waals surface area (Å²) in [4.78, 5) is 14.0. The van der Waals surface area contributed by atoms with Crippen molar-refractivity contribution >= 4 is 29.0 Å². The lowest BCUT2D eigenvalue weighted by atomic mass is 10.2. The molecule has 4 nitrogen and oxygen atoms in total. The molecule has 1 amide bonds. The summed E-state index contributed by atoms with van der Waals surface area (Å²) in [6.45, 7) is 2.17. The molecule has 0 unspecified atom stereocenters. The Hall–Kier alpha value is -1.27. The largest absolute Gasteiger partial charge is 0.397 e. The van der Waals surface area contributed by atoms with Gasteiger partial charge >= 0.3 is 0 Å². The van der Waals surface area contributed by atoms with Crippen molar-refractivity contribution in [3.05, 3.63) is 24.0 Å². The molecule has 0 bridgehead atoms. The summed E-state index contributed by atoms with van der Waals surface area (Å²) < 4.78 is 13.1. The second kappa shape index (κ2) is 6.77. The highest BCUT2D eigenvalue weighted by Gasteiger charge is 2.14. The van der Waals surface area contributed by atoms with Crippen molar-refractivity contribution in [2.24, 2.45) is 0 Å². The van der Waals surface area contributed by atoms with Crippen molar-refractivity contribution in [1.29, 1.82) is 0 Å². The number of nitrogens with one attached hydrogen (secondary N) is 1. The molecule has 2 rings (SSSR count). The minimum absolute atomic E-state index is 0.149. The number of nitrogen functional groups attached to an aromatic ring is 1. The van der Waals surface area contributed by atoms with Gasteiger partial charge in [0.2, 0.25) is 5.91 Å². The quantitative estimate of drug-likeness (QED) is 0.830. The molecular formula is C13H18FN3OS. The topological polar surface area (TPSA) is 58.4 Å². The standard InChI is InChI=1S/C13H18FN3OS/c14-10-2-3-11(15)12(8-10)16-13(18)9-17-4-1-6-19-7-5-17/h2-3,8H,1,4-7,9,15H2,(H,16,18). The van der Waals surface area contributed by atoms with Gasteiger partial charge in [-0.05, 0) is 36.9 Å². The Bertz CT molecular complexity index is 448. The number of rotatable bonds is 3. The molecule has 1 fully saturated rings. The first-order valence-electron chi connectivity index (χ1n) is 6.30. The molecule has 1 aromatic carbocycles. The number of nitrogens with zero attached hydrogens (tertiary/aromatic N) is 1. The van der Waals surface area contributed by atoms with Crippen molar-refractivity contribution in [3.8, 4) is 0 Å². The van der Waals surface area contributed by atoms with Gasteiger partial charge in [0.1, 0.15) is 5.82 Å². The summed E-state index contributed by atoms with van der Waals surface area (Å²) in [6.07, 6.45) is 1.10. The highest BCUT2D eigenvalue weighted by atomic mass is 32.2. The van der Waals surface area contributed by atoms with E-state index in [0.29, 0.717) is 17.9 Å². The second-order valence-electron chi connectivity index (χ2n) is 4.52. The average molecular weight is 283 g/mol. The van der Waals surface area contributed by atoms with Crippen LogP contribution in [0.2, 0.25) is 0 Å². The Balaban J connectivity index is 1.91. The molecule has 1 saturated heterocycles. The molecular weight excluding hydrogens is 265 g/mol. The molecule has 104 valence electrons. The fraction of sp³-hybridized carbons (Fsp3) is 0.462. The average Bonchev–Trinajstić information content (AvgIpc) is 2.62. The van der Waals surface area contributed by atoms with Gasteiger partial charge in [-0.15, -0.1) is 0 Å². The minimum Gasteiger partial charge on any atom is -0.397 e. The normalized spacial score (nSPS) is 16.9.